The average Bonchev–Trinajstić information content (AvgIpc) is 3.73. The first kappa shape index (κ1) is 25.0. The molecule has 2 aliphatic carbocycles. The molecule has 0 unspecified atom stereocenters. The van der Waals surface area contributed by atoms with Crippen molar-refractivity contribution in [1.82, 2.24) is 14.5 Å². The Kier molecular flexibility index (Phi) is 6.31. The third-order valence-corrected chi connectivity index (χ3v) is 7.80. The SMILES string of the molecule is CN1Cc2c(nc(S(C)(=O)=O)n2C)N(CC#Cc2cc(CC(=O)C3CC3)cc(NC(=O)C3CC3)c2)C1=O. The molecule has 194 valence electrons. The van der Waals surface area contributed by atoms with Gasteiger partial charge in [-0.15, -0.1) is 0 Å². The van der Waals surface area contributed by atoms with Crippen LogP contribution in [0.2, 0.25) is 0 Å². The highest BCUT2D eigenvalue weighted by Crippen LogP contribution is 2.33. The number of nitrogens with one attached hydrogen (secondary N) is 1. The first-order chi connectivity index (χ1) is 17.5. The molecule has 3 aliphatic rings. The van der Waals surface area contributed by atoms with Gasteiger partial charge in [0.05, 0.1) is 18.8 Å². The predicted octanol–water partition coefficient (Wildman–Crippen LogP) is 2.12. The Bertz CT molecular complexity index is 1430. The summed E-state index contributed by atoms with van der Waals surface area (Å²) in [6.45, 7) is 0.226. The van der Waals surface area contributed by atoms with Gasteiger partial charge in [0.1, 0.15) is 5.78 Å². The van der Waals surface area contributed by atoms with Crippen molar-refractivity contribution in [1.29, 1.82) is 0 Å². The molecule has 2 fully saturated rings. The highest BCUT2D eigenvalue weighted by molar-refractivity contribution is 7.90. The first-order valence-corrected chi connectivity index (χ1v) is 14.1. The Morgan fingerprint density at radius 2 is 1.81 bits per heavy atom. The first-order valence-electron chi connectivity index (χ1n) is 12.3. The number of anilines is 2. The number of ketones is 1. The number of hydrogen-bond donors (Lipinski definition) is 1. The standard InChI is InChI=1S/C26H29N5O5S/c1-29-15-21-23(28-25(30(21)2)37(3,35)36)31(26(29)34)10-4-5-16-11-17(14-22(32)18-6-7-18)13-20(12-16)27-24(33)19-8-9-19/h11-13,18-19H,6-10,14-15H2,1-3H3,(H,27,33). The van der Waals surface area contributed by atoms with Crippen LogP contribution in [-0.4, -0.2) is 60.4 Å². The Hall–Kier alpha value is -3.65. The van der Waals surface area contributed by atoms with Crippen LogP contribution >= 0.6 is 0 Å². The summed E-state index contributed by atoms with van der Waals surface area (Å²) in [6.07, 6.45) is 4.99. The van der Waals surface area contributed by atoms with Crippen molar-refractivity contribution in [2.75, 3.05) is 30.1 Å². The second-order valence-corrected chi connectivity index (χ2v) is 12.0. The Morgan fingerprint density at radius 3 is 2.46 bits per heavy atom. The maximum absolute atomic E-state index is 12.9. The van der Waals surface area contributed by atoms with E-state index in [0.29, 0.717) is 16.9 Å². The van der Waals surface area contributed by atoms with E-state index in [1.165, 1.54) is 14.4 Å². The summed E-state index contributed by atoms with van der Waals surface area (Å²) >= 11 is 0. The highest BCUT2D eigenvalue weighted by atomic mass is 32.2. The van der Waals surface area contributed by atoms with Crippen LogP contribution in [0.25, 0.3) is 0 Å². The minimum atomic E-state index is -3.59. The number of imidazole rings is 1. The number of benzene rings is 1. The van der Waals surface area contributed by atoms with Crippen molar-refractivity contribution in [3.05, 3.63) is 35.0 Å². The summed E-state index contributed by atoms with van der Waals surface area (Å²) in [7, 11) is -0.340. The Labute approximate surface area is 215 Å². The van der Waals surface area contributed by atoms with Crippen LogP contribution in [0.4, 0.5) is 16.3 Å². The molecule has 1 N–H and O–H groups in total. The van der Waals surface area contributed by atoms with E-state index in [4.69, 9.17) is 0 Å². The van der Waals surface area contributed by atoms with Crippen LogP contribution in [0.3, 0.4) is 0 Å². The summed E-state index contributed by atoms with van der Waals surface area (Å²) in [5, 5.41) is 2.82. The lowest BCUT2D eigenvalue weighted by atomic mass is 10.0. The van der Waals surface area contributed by atoms with Gasteiger partial charge in [0.2, 0.25) is 20.9 Å². The molecule has 37 heavy (non-hydrogen) atoms. The second kappa shape index (κ2) is 9.34. The lowest BCUT2D eigenvalue weighted by Crippen LogP contribution is -2.45. The van der Waals surface area contributed by atoms with Crippen molar-refractivity contribution in [3.8, 4) is 11.8 Å². The number of amides is 3. The lowest BCUT2D eigenvalue weighted by Gasteiger charge is -2.31. The van der Waals surface area contributed by atoms with Gasteiger partial charge in [-0.3, -0.25) is 14.5 Å². The zero-order valence-corrected chi connectivity index (χ0v) is 21.9. The van der Waals surface area contributed by atoms with E-state index < -0.39 is 9.84 Å². The van der Waals surface area contributed by atoms with Crippen molar-refractivity contribution in [2.45, 2.75) is 43.8 Å². The van der Waals surface area contributed by atoms with Crippen molar-refractivity contribution in [2.24, 2.45) is 18.9 Å². The van der Waals surface area contributed by atoms with Gasteiger partial charge >= 0.3 is 6.03 Å². The molecule has 0 saturated heterocycles. The molecule has 0 atom stereocenters. The zero-order chi connectivity index (χ0) is 26.5. The van der Waals surface area contributed by atoms with Crippen LogP contribution < -0.4 is 10.2 Å². The predicted molar refractivity (Wildman–Crippen MR) is 137 cm³/mol. The largest absolute Gasteiger partial charge is 0.326 e. The number of sulfone groups is 1. The number of aromatic nitrogens is 2. The molecule has 0 spiro atoms. The number of rotatable bonds is 7. The summed E-state index contributed by atoms with van der Waals surface area (Å²) in [6, 6.07) is 5.08. The minimum Gasteiger partial charge on any atom is -0.326 e. The van der Waals surface area contributed by atoms with Crippen LogP contribution in [0.15, 0.2) is 23.4 Å². The van der Waals surface area contributed by atoms with E-state index in [9.17, 15) is 22.8 Å². The highest BCUT2D eigenvalue weighted by Gasteiger charge is 2.34. The van der Waals surface area contributed by atoms with Crippen LogP contribution in [-0.2, 0) is 39.4 Å². The number of nitrogens with zero attached hydrogens (tertiary/aromatic N) is 4. The summed E-state index contributed by atoms with van der Waals surface area (Å²) in [5.41, 5.74) is 2.60. The minimum absolute atomic E-state index is 0.00854. The smallest absolute Gasteiger partial charge is 0.326 e. The van der Waals surface area contributed by atoms with Gasteiger partial charge in [-0.25, -0.2) is 13.2 Å². The fourth-order valence-corrected chi connectivity index (χ4v) is 5.31. The molecule has 2 heterocycles. The van der Waals surface area contributed by atoms with Crippen molar-refractivity contribution in [3.63, 3.8) is 0 Å². The number of Topliss-reactive ketones (excluding diaryl/α,β-unsaturated/α-hetero) is 1. The van der Waals surface area contributed by atoms with Gasteiger partial charge in [0.25, 0.3) is 0 Å². The summed E-state index contributed by atoms with van der Waals surface area (Å²) in [4.78, 5) is 44.7. The molecule has 2 saturated carbocycles. The molecule has 3 amide bonds. The number of fused-ring (bicyclic) bond motifs is 1. The van der Waals surface area contributed by atoms with E-state index >= 15 is 0 Å². The van der Waals surface area contributed by atoms with E-state index in [-0.39, 0.29) is 60.0 Å². The van der Waals surface area contributed by atoms with Crippen LogP contribution in [0.1, 0.15) is 42.5 Å². The number of carbonyl (C=O) groups is 3. The molecule has 1 aromatic carbocycles. The van der Waals surface area contributed by atoms with E-state index in [1.807, 2.05) is 12.1 Å². The second-order valence-electron chi connectivity index (χ2n) is 10.1. The van der Waals surface area contributed by atoms with E-state index in [2.05, 4.69) is 22.1 Å². The third kappa shape index (κ3) is 5.39. The van der Waals surface area contributed by atoms with Crippen LogP contribution in [0, 0.1) is 23.7 Å². The molecule has 0 bridgehead atoms. The van der Waals surface area contributed by atoms with Crippen LogP contribution in [0.5, 0.6) is 0 Å². The molecule has 1 aliphatic heterocycles. The number of urea groups is 1. The molecule has 11 heteroatoms. The fraction of sp³-hybridized carbons (Fsp3) is 0.462. The van der Waals surface area contributed by atoms with Gasteiger partial charge < -0.3 is 14.8 Å². The third-order valence-electron chi connectivity index (χ3n) is 6.77. The molecule has 10 nitrogen and oxygen atoms in total. The average molecular weight is 524 g/mol. The quantitative estimate of drug-likeness (QED) is 0.555. The molecule has 1 aromatic heterocycles. The van der Waals surface area contributed by atoms with Gasteiger partial charge in [-0.1, -0.05) is 11.8 Å². The van der Waals surface area contributed by atoms with Gasteiger partial charge in [-0.2, -0.15) is 4.98 Å². The van der Waals surface area contributed by atoms with Crippen molar-refractivity contribution < 1.29 is 22.8 Å². The van der Waals surface area contributed by atoms with Gasteiger partial charge in [0, 0.05) is 49.9 Å². The lowest BCUT2D eigenvalue weighted by molar-refractivity contribution is -0.119. The summed E-state index contributed by atoms with van der Waals surface area (Å²) < 4.78 is 25.8. The molecule has 0 radical (unpaired) electrons. The maximum atomic E-state index is 12.9. The Morgan fingerprint density at radius 1 is 1.11 bits per heavy atom. The molecular formula is C26H29N5O5S. The fourth-order valence-electron chi connectivity index (χ4n) is 4.45. The zero-order valence-electron chi connectivity index (χ0n) is 21.1. The van der Waals surface area contributed by atoms with E-state index in [1.54, 1.807) is 20.2 Å². The monoisotopic (exact) mass is 523 g/mol. The van der Waals surface area contributed by atoms with Gasteiger partial charge in [0.15, 0.2) is 5.82 Å². The summed E-state index contributed by atoms with van der Waals surface area (Å²) in [5.74, 6) is 6.65. The normalized spacial score (nSPS) is 17.2. The number of hydrogen-bond acceptors (Lipinski definition) is 6. The molecule has 5 rings (SSSR count). The topological polar surface area (TPSA) is 122 Å². The van der Waals surface area contributed by atoms with E-state index in [0.717, 1.165) is 37.5 Å². The molecule has 2 aromatic rings. The Balaban J connectivity index is 1.42. The molecular weight excluding hydrogens is 494 g/mol. The van der Waals surface area contributed by atoms with Gasteiger partial charge in [-0.05, 0) is 49.4 Å². The number of carbonyl (C=O) groups excluding carboxylic acids is 3. The van der Waals surface area contributed by atoms with Crippen molar-refractivity contribution >= 4 is 39.1 Å². The maximum Gasteiger partial charge on any atom is 0.326 e.